The zero-order valence-corrected chi connectivity index (χ0v) is 12.5. The van der Waals surface area contributed by atoms with Gasteiger partial charge in [-0.05, 0) is 34.4 Å². The largest absolute Gasteiger partial charge is 0.378 e. The summed E-state index contributed by atoms with van der Waals surface area (Å²) in [7, 11) is 4.11. The van der Waals surface area contributed by atoms with Gasteiger partial charge in [-0.25, -0.2) is 0 Å². The van der Waals surface area contributed by atoms with E-state index >= 15 is 0 Å². The fourth-order valence-electron chi connectivity index (χ4n) is 2.47. The molecule has 0 heterocycles. The van der Waals surface area contributed by atoms with Gasteiger partial charge in [0.05, 0.1) is 0 Å². The molecule has 3 rings (SSSR count). The van der Waals surface area contributed by atoms with E-state index in [9.17, 15) is 0 Å². The number of benzene rings is 2. The summed E-state index contributed by atoms with van der Waals surface area (Å²) in [5, 5.41) is 0. The highest BCUT2D eigenvalue weighted by Crippen LogP contribution is 2.28. The molecule has 1 aliphatic rings. The van der Waals surface area contributed by atoms with Crippen molar-refractivity contribution in [2.75, 3.05) is 19.0 Å². The molecule has 0 spiro atoms. The molecule has 1 aliphatic carbocycles. The first-order valence-electron chi connectivity index (χ1n) is 7.17. The summed E-state index contributed by atoms with van der Waals surface area (Å²) >= 11 is 0. The van der Waals surface area contributed by atoms with Crippen LogP contribution in [0.3, 0.4) is 0 Å². The van der Waals surface area contributed by atoms with Crippen molar-refractivity contribution in [3.8, 4) is 0 Å². The van der Waals surface area contributed by atoms with E-state index in [2.05, 4.69) is 97.9 Å². The summed E-state index contributed by atoms with van der Waals surface area (Å²) in [4.78, 5) is 2.11. The molecule has 0 aromatic heterocycles. The highest BCUT2D eigenvalue weighted by molar-refractivity contribution is 5.90. The summed E-state index contributed by atoms with van der Waals surface area (Å²) in [6, 6.07) is 17.0. The van der Waals surface area contributed by atoms with Crippen molar-refractivity contribution in [2.24, 2.45) is 0 Å². The van der Waals surface area contributed by atoms with Crippen LogP contribution in [0.1, 0.15) is 16.7 Å². The summed E-state index contributed by atoms with van der Waals surface area (Å²) in [6.45, 7) is 0. The highest BCUT2D eigenvalue weighted by Gasteiger charge is 2.07. The van der Waals surface area contributed by atoms with Crippen LogP contribution in [-0.4, -0.2) is 14.1 Å². The predicted octanol–water partition coefficient (Wildman–Crippen LogP) is 4.88. The molecule has 0 bridgehead atoms. The Hall–Kier alpha value is -2.54. The quantitative estimate of drug-likeness (QED) is 0.770. The molecule has 0 fully saturated rings. The third kappa shape index (κ3) is 2.97. The van der Waals surface area contributed by atoms with Crippen LogP contribution in [0, 0.1) is 0 Å². The van der Waals surface area contributed by atoms with Crippen molar-refractivity contribution in [2.45, 2.75) is 0 Å². The second-order valence-electron chi connectivity index (χ2n) is 5.39. The highest BCUT2D eigenvalue weighted by atomic mass is 15.1. The zero-order valence-electron chi connectivity index (χ0n) is 12.5. The van der Waals surface area contributed by atoms with Crippen molar-refractivity contribution in [1.29, 1.82) is 0 Å². The lowest BCUT2D eigenvalue weighted by Gasteiger charge is -2.11. The van der Waals surface area contributed by atoms with Crippen LogP contribution in [0.4, 0.5) is 5.69 Å². The van der Waals surface area contributed by atoms with E-state index in [1.807, 2.05) is 0 Å². The second kappa shape index (κ2) is 5.84. The summed E-state index contributed by atoms with van der Waals surface area (Å²) in [5.41, 5.74) is 6.32. The predicted molar refractivity (Wildman–Crippen MR) is 93.3 cm³/mol. The van der Waals surface area contributed by atoms with Gasteiger partial charge in [-0.2, -0.15) is 0 Å². The molecule has 0 aliphatic heterocycles. The fraction of sp³-hybridized carbons (Fsp3) is 0.100. The Morgan fingerprint density at radius 2 is 1.62 bits per heavy atom. The van der Waals surface area contributed by atoms with Gasteiger partial charge in [-0.3, -0.25) is 0 Å². The van der Waals surface area contributed by atoms with Gasteiger partial charge < -0.3 is 4.90 Å². The lowest BCUT2D eigenvalue weighted by atomic mass is 10.1. The van der Waals surface area contributed by atoms with Crippen molar-refractivity contribution >= 4 is 23.4 Å². The van der Waals surface area contributed by atoms with E-state index in [-0.39, 0.29) is 0 Å². The minimum Gasteiger partial charge on any atom is -0.378 e. The van der Waals surface area contributed by atoms with Crippen LogP contribution in [0.2, 0.25) is 0 Å². The molecule has 2 aromatic rings. The van der Waals surface area contributed by atoms with Crippen molar-refractivity contribution in [3.05, 3.63) is 83.4 Å². The SMILES string of the molecule is CN(C)c1ccc(/C=C/C=C2\C=Cc3ccccc32)cc1. The van der Waals surface area contributed by atoms with Crippen LogP contribution < -0.4 is 4.90 Å². The summed E-state index contributed by atoms with van der Waals surface area (Å²) in [5.74, 6) is 0. The Kier molecular flexibility index (Phi) is 3.74. The molecule has 0 unspecified atom stereocenters. The standard InChI is InChI=1S/C20H19N/c1-21(2)19-14-10-16(11-15-19)6-5-8-18-13-12-17-7-3-4-9-20(17)18/h3-15H,1-2H3/b6-5+,18-8+. The van der Waals surface area contributed by atoms with Gasteiger partial charge in [0.15, 0.2) is 0 Å². The molecule has 1 nitrogen and oxygen atoms in total. The third-order valence-corrected chi connectivity index (χ3v) is 3.69. The molecule has 0 N–H and O–H groups in total. The molecule has 0 amide bonds. The van der Waals surface area contributed by atoms with Crippen LogP contribution in [0.25, 0.3) is 17.7 Å². The van der Waals surface area contributed by atoms with Gasteiger partial charge in [0, 0.05) is 19.8 Å². The number of hydrogen-bond donors (Lipinski definition) is 0. The molecular weight excluding hydrogens is 254 g/mol. The van der Waals surface area contributed by atoms with E-state index in [0.29, 0.717) is 0 Å². The lowest BCUT2D eigenvalue weighted by Crippen LogP contribution is -2.07. The lowest BCUT2D eigenvalue weighted by molar-refractivity contribution is 1.13. The van der Waals surface area contributed by atoms with E-state index in [4.69, 9.17) is 0 Å². The average molecular weight is 273 g/mol. The normalized spacial score (nSPS) is 14.9. The van der Waals surface area contributed by atoms with Gasteiger partial charge in [-0.15, -0.1) is 0 Å². The van der Waals surface area contributed by atoms with Crippen LogP contribution >= 0.6 is 0 Å². The monoisotopic (exact) mass is 273 g/mol. The Labute approximate surface area is 126 Å². The van der Waals surface area contributed by atoms with E-state index in [1.54, 1.807) is 0 Å². The third-order valence-electron chi connectivity index (χ3n) is 3.69. The van der Waals surface area contributed by atoms with Gasteiger partial charge in [0.1, 0.15) is 0 Å². The van der Waals surface area contributed by atoms with Gasteiger partial charge in [-0.1, -0.05) is 66.8 Å². The van der Waals surface area contributed by atoms with E-state index < -0.39 is 0 Å². The van der Waals surface area contributed by atoms with E-state index in [1.165, 1.54) is 28.0 Å². The van der Waals surface area contributed by atoms with Crippen LogP contribution in [0.5, 0.6) is 0 Å². The Bertz CT molecular complexity index is 716. The maximum absolute atomic E-state index is 2.17. The Morgan fingerprint density at radius 1 is 0.857 bits per heavy atom. The first kappa shape index (κ1) is 13.4. The molecular formula is C20H19N. The average Bonchev–Trinajstić information content (AvgIpc) is 2.91. The first-order valence-corrected chi connectivity index (χ1v) is 7.17. The topological polar surface area (TPSA) is 3.24 Å². The van der Waals surface area contributed by atoms with Gasteiger partial charge in [0.25, 0.3) is 0 Å². The maximum Gasteiger partial charge on any atom is 0.0361 e. The van der Waals surface area contributed by atoms with E-state index in [0.717, 1.165) is 0 Å². The van der Waals surface area contributed by atoms with Crippen molar-refractivity contribution < 1.29 is 0 Å². The second-order valence-corrected chi connectivity index (χ2v) is 5.39. The Balaban J connectivity index is 1.76. The number of allylic oxidation sites excluding steroid dienone is 4. The molecule has 1 heteroatoms. The maximum atomic E-state index is 2.17. The first-order chi connectivity index (χ1) is 10.2. The van der Waals surface area contributed by atoms with Gasteiger partial charge in [0.2, 0.25) is 0 Å². The van der Waals surface area contributed by atoms with Crippen molar-refractivity contribution in [3.63, 3.8) is 0 Å². The molecule has 21 heavy (non-hydrogen) atoms. The molecule has 0 atom stereocenters. The zero-order chi connectivity index (χ0) is 14.7. The molecule has 2 aromatic carbocycles. The molecule has 104 valence electrons. The van der Waals surface area contributed by atoms with Crippen LogP contribution in [0.15, 0.2) is 66.8 Å². The van der Waals surface area contributed by atoms with Crippen molar-refractivity contribution in [1.82, 2.24) is 0 Å². The molecule has 0 radical (unpaired) electrons. The number of nitrogens with zero attached hydrogens (tertiary/aromatic N) is 1. The van der Waals surface area contributed by atoms with Crippen LogP contribution in [-0.2, 0) is 0 Å². The minimum atomic E-state index is 1.22. The van der Waals surface area contributed by atoms with Gasteiger partial charge >= 0.3 is 0 Å². The summed E-state index contributed by atoms with van der Waals surface area (Å²) < 4.78 is 0. The Morgan fingerprint density at radius 3 is 2.38 bits per heavy atom. The number of hydrogen-bond acceptors (Lipinski definition) is 1. The summed E-state index contributed by atoms with van der Waals surface area (Å²) in [6.07, 6.45) is 10.8. The molecule has 0 saturated carbocycles. The number of anilines is 1. The molecule has 0 saturated heterocycles. The number of fused-ring (bicyclic) bond motifs is 1. The minimum absolute atomic E-state index is 1.22. The fourth-order valence-corrected chi connectivity index (χ4v) is 2.47. The smallest absolute Gasteiger partial charge is 0.0361 e. The number of rotatable bonds is 3.